The summed E-state index contributed by atoms with van der Waals surface area (Å²) in [5.41, 5.74) is 0.114. The number of primary sulfonamides is 1. The summed E-state index contributed by atoms with van der Waals surface area (Å²) < 4.78 is 32.5. The van der Waals surface area contributed by atoms with Gasteiger partial charge < -0.3 is 14.8 Å². The second-order valence-corrected chi connectivity index (χ2v) is 6.08. The first kappa shape index (κ1) is 17.9. The molecule has 0 aliphatic rings. The molecule has 1 aromatic rings. The van der Waals surface area contributed by atoms with Crippen LogP contribution in [0.4, 0.5) is 0 Å². The van der Waals surface area contributed by atoms with Crippen LogP contribution >= 0.6 is 11.6 Å². The minimum atomic E-state index is -3.92. The third-order valence-corrected chi connectivity index (χ3v) is 3.54. The van der Waals surface area contributed by atoms with Crippen molar-refractivity contribution in [1.29, 1.82) is 0 Å². The number of halogens is 1. The first-order valence-corrected chi connectivity index (χ1v) is 7.95. The molecule has 0 unspecified atom stereocenters. The maximum absolute atomic E-state index is 11.9. The van der Waals surface area contributed by atoms with Crippen LogP contribution in [0, 0.1) is 0 Å². The highest BCUT2D eigenvalue weighted by Crippen LogP contribution is 2.18. The lowest BCUT2D eigenvalue weighted by molar-refractivity contribution is 0.0692. The smallest absolute Gasteiger partial charge is 0.251 e. The molecule has 0 aliphatic heterocycles. The molecule has 0 spiro atoms. The summed E-state index contributed by atoms with van der Waals surface area (Å²) in [6.45, 7) is 1.50. The Kier molecular flexibility index (Phi) is 7.06. The van der Waals surface area contributed by atoms with Crippen LogP contribution in [-0.4, -0.2) is 47.8 Å². The summed E-state index contributed by atoms with van der Waals surface area (Å²) in [6, 6.07) is 3.71. The number of ether oxygens (including phenoxy) is 2. The Hall–Kier alpha value is -1.19. The highest BCUT2D eigenvalue weighted by atomic mass is 35.5. The van der Waals surface area contributed by atoms with E-state index in [1.807, 2.05) is 0 Å². The fourth-order valence-electron chi connectivity index (χ4n) is 1.44. The van der Waals surface area contributed by atoms with Gasteiger partial charge in [-0.25, -0.2) is 13.6 Å². The number of carbonyl (C=O) groups is 1. The van der Waals surface area contributed by atoms with Gasteiger partial charge in [-0.3, -0.25) is 4.79 Å². The van der Waals surface area contributed by atoms with Gasteiger partial charge in [-0.15, -0.1) is 0 Å². The summed E-state index contributed by atoms with van der Waals surface area (Å²) in [7, 11) is -2.36. The van der Waals surface area contributed by atoms with Gasteiger partial charge in [0.25, 0.3) is 5.91 Å². The molecule has 3 N–H and O–H groups in total. The van der Waals surface area contributed by atoms with E-state index < -0.39 is 15.9 Å². The minimum absolute atomic E-state index is 0.114. The van der Waals surface area contributed by atoms with E-state index in [2.05, 4.69) is 5.32 Å². The number of methoxy groups -OCH3 is 1. The monoisotopic (exact) mass is 336 g/mol. The molecule has 0 radical (unpaired) electrons. The van der Waals surface area contributed by atoms with Crippen molar-refractivity contribution in [3.8, 4) is 0 Å². The zero-order valence-electron chi connectivity index (χ0n) is 11.5. The average Bonchev–Trinajstić information content (AvgIpc) is 2.40. The summed E-state index contributed by atoms with van der Waals surface area (Å²) in [6.07, 6.45) is 0. The van der Waals surface area contributed by atoms with E-state index in [9.17, 15) is 13.2 Å². The van der Waals surface area contributed by atoms with Crippen molar-refractivity contribution in [2.45, 2.75) is 4.90 Å². The fraction of sp³-hybridized carbons (Fsp3) is 0.417. The van der Waals surface area contributed by atoms with Gasteiger partial charge in [-0.05, 0) is 18.2 Å². The Morgan fingerprint density at radius 3 is 2.62 bits per heavy atom. The van der Waals surface area contributed by atoms with Crippen LogP contribution in [0.2, 0.25) is 5.02 Å². The lowest BCUT2D eigenvalue weighted by atomic mass is 10.2. The van der Waals surface area contributed by atoms with E-state index in [1.54, 1.807) is 7.11 Å². The molecule has 1 amide bonds. The third-order valence-electron chi connectivity index (χ3n) is 2.43. The van der Waals surface area contributed by atoms with Crippen molar-refractivity contribution in [1.82, 2.24) is 5.32 Å². The summed E-state index contributed by atoms with van der Waals surface area (Å²) in [5.74, 6) is -0.460. The topological polar surface area (TPSA) is 108 Å². The molecular weight excluding hydrogens is 320 g/mol. The first-order chi connectivity index (χ1) is 9.84. The van der Waals surface area contributed by atoms with Gasteiger partial charge in [-0.2, -0.15) is 0 Å². The second-order valence-electron chi connectivity index (χ2n) is 4.08. The van der Waals surface area contributed by atoms with E-state index in [0.29, 0.717) is 19.8 Å². The number of sulfonamides is 1. The molecule has 118 valence electrons. The Morgan fingerprint density at radius 1 is 1.29 bits per heavy atom. The van der Waals surface area contributed by atoms with Crippen LogP contribution < -0.4 is 10.5 Å². The number of carbonyl (C=O) groups excluding carboxylic acids is 1. The molecule has 1 aromatic carbocycles. The highest BCUT2D eigenvalue weighted by molar-refractivity contribution is 7.89. The molecule has 0 saturated carbocycles. The quantitative estimate of drug-likeness (QED) is 0.667. The molecule has 21 heavy (non-hydrogen) atoms. The number of nitrogens with two attached hydrogens (primary N) is 1. The van der Waals surface area contributed by atoms with Crippen molar-refractivity contribution in [3.63, 3.8) is 0 Å². The van der Waals surface area contributed by atoms with E-state index in [0.717, 1.165) is 0 Å². The number of rotatable bonds is 8. The van der Waals surface area contributed by atoms with Gasteiger partial charge in [0.2, 0.25) is 10.0 Å². The SMILES string of the molecule is COCCOCCNC(=O)c1cc(Cl)cc(S(N)(=O)=O)c1. The molecule has 0 fully saturated rings. The molecular formula is C12H17ClN2O5S. The predicted octanol–water partition coefficient (Wildman–Crippen LogP) is 0.380. The lowest BCUT2D eigenvalue weighted by Crippen LogP contribution is -2.28. The number of amides is 1. The van der Waals surface area contributed by atoms with Crippen LogP contribution in [0.1, 0.15) is 10.4 Å². The van der Waals surface area contributed by atoms with E-state index in [-0.39, 0.29) is 22.0 Å². The van der Waals surface area contributed by atoms with Crippen molar-refractivity contribution in [2.24, 2.45) is 5.14 Å². The fourth-order valence-corrected chi connectivity index (χ4v) is 2.32. The van der Waals surface area contributed by atoms with Gasteiger partial charge in [0.15, 0.2) is 0 Å². The van der Waals surface area contributed by atoms with Gasteiger partial charge in [-0.1, -0.05) is 11.6 Å². The molecule has 0 aromatic heterocycles. The maximum atomic E-state index is 11.9. The van der Waals surface area contributed by atoms with E-state index in [1.165, 1.54) is 18.2 Å². The largest absolute Gasteiger partial charge is 0.382 e. The minimum Gasteiger partial charge on any atom is -0.382 e. The standard InChI is InChI=1S/C12H17ClN2O5S/c1-19-4-5-20-3-2-15-12(16)9-6-10(13)8-11(7-9)21(14,17)18/h6-8H,2-5H2,1H3,(H,15,16)(H2,14,17,18). The summed E-state index contributed by atoms with van der Waals surface area (Å²) in [5, 5.41) is 7.71. The van der Waals surface area contributed by atoms with Crippen molar-refractivity contribution < 1.29 is 22.7 Å². The van der Waals surface area contributed by atoms with Gasteiger partial charge in [0.1, 0.15) is 0 Å². The Balaban J connectivity index is 2.60. The lowest BCUT2D eigenvalue weighted by Gasteiger charge is -2.08. The van der Waals surface area contributed by atoms with Crippen molar-refractivity contribution in [2.75, 3.05) is 33.5 Å². The first-order valence-electron chi connectivity index (χ1n) is 6.03. The Bertz CT molecular complexity index is 591. The summed E-state index contributed by atoms with van der Waals surface area (Å²) >= 11 is 5.78. The maximum Gasteiger partial charge on any atom is 0.251 e. The molecule has 0 saturated heterocycles. The molecule has 0 atom stereocenters. The predicted molar refractivity (Wildman–Crippen MR) is 77.9 cm³/mol. The number of hydrogen-bond donors (Lipinski definition) is 2. The number of nitrogens with one attached hydrogen (secondary N) is 1. The van der Waals surface area contributed by atoms with Crippen LogP contribution in [-0.2, 0) is 19.5 Å². The zero-order valence-corrected chi connectivity index (χ0v) is 13.0. The normalized spacial score (nSPS) is 11.4. The average molecular weight is 337 g/mol. The Morgan fingerprint density at radius 2 is 2.00 bits per heavy atom. The van der Waals surface area contributed by atoms with Crippen LogP contribution in [0.3, 0.4) is 0 Å². The molecule has 9 heteroatoms. The third kappa shape index (κ3) is 6.40. The number of benzene rings is 1. The zero-order chi connectivity index (χ0) is 15.9. The number of hydrogen-bond acceptors (Lipinski definition) is 5. The van der Waals surface area contributed by atoms with Crippen molar-refractivity contribution in [3.05, 3.63) is 28.8 Å². The van der Waals surface area contributed by atoms with Crippen LogP contribution in [0.15, 0.2) is 23.1 Å². The van der Waals surface area contributed by atoms with E-state index in [4.69, 9.17) is 26.2 Å². The van der Waals surface area contributed by atoms with Crippen LogP contribution in [0.5, 0.6) is 0 Å². The molecule has 0 bridgehead atoms. The summed E-state index contributed by atoms with van der Waals surface area (Å²) in [4.78, 5) is 11.7. The van der Waals surface area contributed by atoms with Gasteiger partial charge >= 0.3 is 0 Å². The Labute approximate surface area is 128 Å². The highest BCUT2D eigenvalue weighted by Gasteiger charge is 2.14. The van der Waals surface area contributed by atoms with Gasteiger partial charge in [0, 0.05) is 24.2 Å². The van der Waals surface area contributed by atoms with E-state index >= 15 is 0 Å². The van der Waals surface area contributed by atoms with Crippen LogP contribution in [0.25, 0.3) is 0 Å². The second kappa shape index (κ2) is 8.30. The van der Waals surface area contributed by atoms with Crippen molar-refractivity contribution >= 4 is 27.5 Å². The molecule has 7 nitrogen and oxygen atoms in total. The van der Waals surface area contributed by atoms with Gasteiger partial charge in [0.05, 0.1) is 24.7 Å². The molecule has 1 rings (SSSR count). The molecule has 0 heterocycles. The molecule has 0 aliphatic carbocycles.